The van der Waals surface area contributed by atoms with Crippen molar-refractivity contribution in [3.8, 4) is 11.4 Å². The summed E-state index contributed by atoms with van der Waals surface area (Å²) in [6.07, 6.45) is 0. The first-order valence-electron chi connectivity index (χ1n) is 8.38. The molecule has 140 valence electrons. The summed E-state index contributed by atoms with van der Waals surface area (Å²) < 4.78 is 6.43. The van der Waals surface area contributed by atoms with Crippen LogP contribution in [0.25, 0.3) is 16.7 Å². The van der Waals surface area contributed by atoms with E-state index in [1.807, 2.05) is 24.3 Å². The molecule has 1 aromatic heterocycles. The van der Waals surface area contributed by atoms with Crippen molar-refractivity contribution in [3.05, 3.63) is 76.2 Å². The maximum atomic E-state index is 12.1. The van der Waals surface area contributed by atoms with E-state index in [-0.39, 0.29) is 12.5 Å². The molecule has 1 amide bonds. The van der Waals surface area contributed by atoms with Crippen molar-refractivity contribution in [3.63, 3.8) is 0 Å². The third-order valence-electron chi connectivity index (χ3n) is 3.91. The molecule has 1 heterocycles. The number of benzene rings is 3. The van der Waals surface area contributed by atoms with Crippen LogP contribution in [-0.2, 0) is 4.79 Å². The van der Waals surface area contributed by atoms with Crippen molar-refractivity contribution in [2.75, 3.05) is 11.9 Å². The van der Waals surface area contributed by atoms with Gasteiger partial charge < -0.3 is 10.1 Å². The zero-order chi connectivity index (χ0) is 19.5. The molecule has 8 heteroatoms. The molecule has 0 spiro atoms. The molecule has 6 nitrogen and oxygen atoms in total. The van der Waals surface area contributed by atoms with Crippen LogP contribution in [0.5, 0.6) is 5.75 Å². The summed E-state index contributed by atoms with van der Waals surface area (Å²) in [6.45, 7) is -0.0862. The molecule has 0 atom stereocenters. The van der Waals surface area contributed by atoms with Crippen LogP contribution >= 0.6 is 27.5 Å². The van der Waals surface area contributed by atoms with Crippen LogP contribution in [0.3, 0.4) is 0 Å². The van der Waals surface area contributed by atoms with Gasteiger partial charge >= 0.3 is 0 Å². The Morgan fingerprint density at radius 3 is 2.46 bits per heavy atom. The average Bonchev–Trinajstić information content (AvgIpc) is 3.11. The number of carbonyl (C=O) groups is 1. The zero-order valence-corrected chi connectivity index (χ0v) is 16.8. The standard InChI is InChI=1S/C20H14BrClN4O2/c21-13-1-8-17(9-2-13)28-12-20(27)23-15-5-10-18-19(11-15)25-26(24-18)16-6-3-14(22)4-7-16/h1-11H,12H2,(H,23,27). The van der Waals surface area contributed by atoms with Gasteiger partial charge in [0.05, 0.1) is 5.69 Å². The first-order valence-corrected chi connectivity index (χ1v) is 9.55. The van der Waals surface area contributed by atoms with Crippen LogP contribution in [0.2, 0.25) is 5.02 Å². The van der Waals surface area contributed by atoms with Crippen LogP contribution in [-0.4, -0.2) is 27.5 Å². The molecule has 0 aliphatic heterocycles. The highest BCUT2D eigenvalue weighted by Crippen LogP contribution is 2.19. The number of halogens is 2. The highest BCUT2D eigenvalue weighted by atomic mass is 79.9. The zero-order valence-electron chi connectivity index (χ0n) is 14.5. The van der Waals surface area contributed by atoms with Crippen LogP contribution in [0.1, 0.15) is 0 Å². The smallest absolute Gasteiger partial charge is 0.262 e. The molecule has 0 unspecified atom stereocenters. The van der Waals surface area contributed by atoms with Gasteiger partial charge in [-0.2, -0.15) is 4.80 Å². The van der Waals surface area contributed by atoms with Crippen molar-refractivity contribution in [2.45, 2.75) is 0 Å². The molecular weight excluding hydrogens is 444 g/mol. The summed E-state index contributed by atoms with van der Waals surface area (Å²) in [4.78, 5) is 13.7. The molecule has 1 N–H and O–H groups in total. The number of anilines is 1. The Balaban J connectivity index is 1.44. The van der Waals surface area contributed by atoms with Gasteiger partial charge in [0, 0.05) is 15.2 Å². The van der Waals surface area contributed by atoms with Gasteiger partial charge in [-0.25, -0.2) is 0 Å². The molecule has 4 rings (SSSR count). The lowest BCUT2D eigenvalue weighted by Gasteiger charge is -2.07. The molecule has 28 heavy (non-hydrogen) atoms. The minimum absolute atomic E-state index is 0.0862. The summed E-state index contributed by atoms with van der Waals surface area (Å²) in [5.74, 6) is 0.368. The van der Waals surface area contributed by atoms with Gasteiger partial charge in [-0.3, -0.25) is 4.79 Å². The summed E-state index contributed by atoms with van der Waals surface area (Å²) in [5, 5.41) is 12.3. The molecule has 0 fully saturated rings. The number of hydrogen-bond acceptors (Lipinski definition) is 4. The fraction of sp³-hybridized carbons (Fsp3) is 0.0500. The van der Waals surface area contributed by atoms with Crippen molar-refractivity contribution >= 4 is 50.2 Å². The lowest BCUT2D eigenvalue weighted by molar-refractivity contribution is -0.118. The largest absolute Gasteiger partial charge is 0.484 e. The van der Waals surface area contributed by atoms with E-state index < -0.39 is 0 Å². The average molecular weight is 458 g/mol. The van der Waals surface area contributed by atoms with E-state index in [9.17, 15) is 4.79 Å². The van der Waals surface area contributed by atoms with E-state index in [2.05, 4.69) is 31.4 Å². The number of aromatic nitrogens is 3. The number of fused-ring (bicyclic) bond motifs is 1. The third-order valence-corrected chi connectivity index (χ3v) is 4.69. The normalized spacial score (nSPS) is 10.8. The third kappa shape index (κ3) is 4.32. The number of hydrogen-bond donors (Lipinski definition) is 1. The number of ether oxygens (including phenoxy) is 1. The Labute approximate surface area is 174 Å². The Morgan fingerprint density at radius 2 is 1.71 bits per heavy atom. The van der Waals surface area contributed by atoms with Gasteiger partial charge in [-0.15, -0.1) is 10.2 Å². The number of nitrogens with zero attached hydrogens (tertiary/aromatic N) is 3. The first kappa shape index (κ1) is 18.5. The molecular formula is C20H14BrClN4O2. The minimum Gasteiger partial charge on any atom is -0.484 e. The molecule has 0 radical (unpaired) electrons. The van der Waals surface area contributed by atoms with Gasteiger partial charge in [0.25, 0.3) is 5.91 Å². The van der Waals surface area contributed by atoms with Crippen molar-refractivity contribution in [2.24, 2.45) is 0 Å². The quantitative estimate of drug-likeness (QED) is 0.465. The predicted molar refractivity (Wildman–Crippen MR) is 112 cm³/mol. The highest BCUT2D eigenvalue weighted by molar-refractivity contribution is 9.10. The molecule has 0 aliphatic rings. The topological polar surface area (TPSA) is 69.0 Å². The van der Waals surface area contributed by atoms with Gasteiger partial charge in [-0.05, 0) is 66.7 Å². The Morgan fingerprint density at radius 1 is 1.00 bits per heavy atom. The fourth-order valence-corrected chi connectivity index (χ4v) is 2.95. The van der Waals surface area contributed by atoms with Crippen molar-refractivity contribution in [1.29, 1.82) is 0 Å². The molecule has 0 aliphatic carbocycles. The fourth-order valence-electron chi connectivity index (χ4n) is 2.56. The lowest BCUT2D eigenvalue weighted by Crippen LogP contribution is -2.20. The van der Waals surface area contributed by atoms with Gasteiger partial charge in [0.1, 0.15) is 16.8 Å². The van der Waals surface area contributed by atoms with Crippen molar-refractivity contribution < 1.29 is 9.53 Å². The van der Waals surface area contributed by atoms with Crippen LogP contribution in [0.4, 0.5) is 5.69 Å². The van der Waals surface area contributed by atoms with Crippen molar-refractivity contribution in [1.82, 2.24) is 15.0 Å². The van der Waals surface area contributed by atoms with E-state index >= 15 is 0 Å². The second kappa shape index (κ2) is 8.00. The van der Waals surface area contributed by atoms with Gasteiger partial charge in [-0.1, -0.05) is 27.5 Å². The second-order valence-electron chi connectivity index (χ2n) is 5.96. The van der Waals surface area contributed by atoms with E-state index in [1.54, 1.807) is 42.5 Å². The highest BCUT2D eigenvalue weighted by Gasteiger charge is 2.08. The number of amides is 1. The summed E-state index contributed by atoms with van der Waals surface area (Å²) in [6, 6.07) is 19.9. The van der Waals surface area contributed by atoms with E-state index in [0.29, 0.717) is 22.0 Å². The van der Waals surface area contributed by atoms with E-state index in [4.69, 9.17) is 16.3 Å². The van der Waals surface area contributed by atoms with Crippen LogP contribution in [0.15, 0.2) is 71.2 Å². The van der Waals surface area contributed by atoms with E-state index in [1.165, 1.54) is 4.80 Å². The predicted octanol–water partition coefficient (Wildman–Crippen LogP) is 4.85. The second-order valence-corrected chi connectivity index (χ2v) is 7.31. The van der Waals surface area contributed by atoms with Crippen LogP contribution < -0.4 is 10.1 Å². The Kier molecular flexibility index (Phi) is 5.27. The molecule has 3 aromatic carbocycles. The maximum Gasteiger partial charge on any atom is 0.262 e. The monoisotopic (exact) mass is 456 g/mol. The lowest BCUT2D eigenvalue weighted by atomic mass is 10.3. The summed E-state index contributed by atoms with van der Waals surface area (Å²) >= 11 is 9.27. The number of rotatable bonds is 5. The molecule has 0 bridgehead atoms. The van der Waals surface area contributed by atoms with Gasteiger partial charge in [0.15, 0.2) is 6.61 Å². The maximum absolute atomic E-state index is 12.1. The minimum atomic E-state index is -0.257. The first-order chi connectivity index (χ1) is 13.6. The SMILES string of the molecule is O=C(COc1ccc(Br)cc1)Nc1ccc2nn(-c3ccc(Cl)cc3)nc2c1. The summed E-state index contributed by atoms with van der Waals surface area (Å²) in [5.41, 5.74) is 2.81. The molecule has 0 saturated carbocycles. The van der Waals surface area contributed by atoms with Crippen LogP contribution in [0, 0.1) is 0 Å². The number of carbonyl (C=O) groups excluding carboxylic acids is 1. The Bertz CT molecular complexity index is 1130. The summed E-state index contributed by atoms with van der Waals surface area (Å²) in [7, 11) is 0. The molecule has 0 saturated heterocycles. The Hall–Kier alpha value is -2.90. The van der Waals surface area contributed by atoms with E-state index in [0.717, 1.165) is 15.7 Å². The molecule has 4 aromatic rings. The van der Waals surface area contributed by atoms with Gasteiger partial charge in [0.2, 0.25) is 0 Å². The number of nitrogens with one attached hydrogen (secondary N) is 1.